The fourth-order valence-electron chi connectivity index (χ4n) is 2.97. The van der Waals surface area contributed by atoms with Crippen LogP contribution in [0.1, 0.15) is 4.88 Å². The zero-order valence-electron chi connectivity index (χ0n) is 15.7. The summed E-state index contributed by atoms with van der Waals surface area (Å²) in [6.45, 7) is 0.604. The van der Waals surface area contributed by atoms with Gasteiger partial charge in [-0.3, -0.25) is 4.79 Å². The highest BCUT2D eigenvalue weighted by Gasteiger charge is 2.15. The number of benzene rings is 2. The van der Waals surface area contributed by atoms with Crippen LogP contribution in [0.4, 0.5) is 4.39 Å². The molecule has 2 aromatic carbocycles. The van der Waals surface area contributed by atoms with Gasteiger partial charge in [-0.2, -0.15) is 0 Å². The quantitative estimate of drug-likeness (QED) is 0.398. The van der Waals surface area contributed by atoms with Crippen LogP contribution in [0.5, 0.6) is 0 Å². The molecule has 0 aliphatic carbocycles. The molecule has 0 bridgehead atoms. The van der Waals surface area contributed by atoms with Gasteiger partial charge in [-0.25, -0.2) is 4.39 Å². The van der Waals surface area contributed by atoms with E-state index in [0.717, 1.165) is 21.2 Å². The van der Waals surface area contributed by atoms with E-state index >= 15 is 0 Å². The first kappa shape index (κ1) is 19.5. The lowest BCUT2D eigenvalue weighted by molar-refractivity contribution is -0.127. The van der Waals surface area contributed by atoms with Crippen molar-refractivity contribution in [3.63, 3.8) is 0 Å². The van der Waals surface area contributed by atoms with E-state index < -0.39 is 0 Å². The van der Waals surface area contributed by atoms with E-state index in [1.54, 1.807) is 28.4 Å². The Balaban J connectivity index is 1.55. The minimum atomic E-state index is -0.289. The summed E-state index contributed by atoms with van der Waals surface area (Å²) in [5.41, 5.74) is 1.50. The first-order valence-electron chi connectivity index (χ1n) is 9.02. The number of rotatable bonds is 6. The third kappa shape index (κ3) is 4.46. The van der Waals surface area contributed by atoms with Crippen LogP contribution in [0.15, 0.2) is 71.1 Å². The second-order valence-electron chi connectivity index (χ2n) is 6.52. The first-order valence-corrected chi connectivity index (χ1v) is 10.9. The number of halogens is 1. The predicted molar refractivity (Wildman–Crippen MR) is 116 cm³/mol. The molecule has 2 aromatic heterocycles. The molecule has 0 saturated heterocycles. The Morgan fingerprint density at radius 1 is 1.03 bits per heavy atom. The van der Waals surface area contributed by atoms with Gasteiger partial charge in [0.05, 0.1) is 12.3 Å². The number of thiophene rings is 1. The summed E-state index contributed by atoms with van der Waals surface area (Å²) in [4.78, 5) is 15.4. The van der Waals surface area contributed by atoms with Crippen LogP contribution in [0.2, 0.25) is 0 Å². The number of carbonyl (C=O) groups excluding carboxylic acids is 1. The molecule has 0 unspecified atom stereocenters. The maximum absolute atomic E-state index is 13.3. The van der Waals surface area contributed by atoms with Crippen molar-refractivity contribution in [1.82, 2.24) is 15.1 Å². The summed E-state index contributed by atoms with van der Waals surface area (Å²) >= 11 is 3.02. The Kier molecular flexibility index (Phi) is 5.87. The lowest BCUT2D eigenvalue weighted by Gasteiger charge is -2.16. The zero-order chi connectivity index (χ0) is 20.2. The second kappa shape index (κ2) is 8.71. The van der Waals surface area contributed by atoms with Crippen molar-refractivity contribution < 1.29 is 9.18 Å². The van der Waals surface area contributed by atoms with Crippen molar-refractivity contribution in [2.45, 2.75) is 11.6 Å². The van der Waals surface area contributed by atoms with Gasteiger partial charge in [-0.15, -0.1) is 21.5 Å². The molecule has 0 spiro atoms. The lowest BCUT2D eigenvalue weighted by Crippen LogP contribution is -2.27. The summed E-state index contributed by atoms with van der Waals surface area (Å²) in [6, 6.07) is 18.0. The number of aromatic nitrogens is 2. The van der Waals surface area contributed by atoms with E-state index in [2.05, 4.69) is 10.2 Å². The highest BCUT2D eigenvalue weighted by atomic mass is 32.2. The molecule has 4 rings (SSSR count). The summed E-state index contributed by atoms with van der Waals surface area (Å²) in [7, 11) is 1.81. The van der Waals surface area contributed by atoms with Crippen LogP contribution in [-0.2, 0) is 11.3 Å². The van der Waals surface area contributed by atoms with Gasteiger partial charge in [-0.1, -0.05) is 42.1 Å². The predicted octanol–water partition coefficient (Wildman–Crippen LogP) is 5.25. The van der Waals surface area contributed by atoms with E-state index in [1.807, 2.05) is 48.8 Å². The van der Waals surface area contributed by atoms with Crippen LogP contribution in [0, 0.1) is 5.82 Å². The monoisotopic (exact) mass is 423 g/mol. The van der Waals surface area contributed by atoms with Crippen molar-refractivity contribution in [3.05, 3.63) is 76.7 Å². The molecule has 146 valence electrons. The molecule has 0 fully saturated rings. The van der Waals surface area contributed by atoms with E-state index in [1.165, 1.54) is 23.9 Å². The molecule has 29 heavy (non-hydrogen) atoms. The Hall–Kier alpha value is -2.77. The Morgan fingerprint density at radius 3 is 2.52 bits per heavy atom. The molecular formula is C22H18FN3OS2. The largest absolute Gasteiger partial charge is 0.340 e. The summed E-state index contributed by atoms with van der Waals surface area (Å²) in [6.07, 6.45) is 0. The van der Waals surface area contributed by atoms with Gasteiger partial charge < -0.3 is 4.90 Å². The van der Waals surface area contributed by atoms with Crippen molar-refractivity contribution in [1.29, 1.82) is 0 Å². The van der Waals surface area contributed by atoms with Crippen LogP contribution < -0.4 is 0 Å². The minimum Gasteiger partial charge on any atom is -0.340 e. The highest BCUT2D eigenvalue weighted by Crippen LogP contribution is 2.31. The smallest absolute Gasteiger partial charge is 0.233 e. The molecular weight excluding hydrogens is 405 g/mol. The van der Waals surface area contributed by atoms with Gasteiger partial charge in [-0.05, 0) is 35.7 Å². The van der Waals surface area contributed by atoms with Gasteiger partial charge in [0.25, 0.3) is 0 Å². The molecule has 1 amide bonds. The van der Waals surface area contributed by atoms with Crippen LogP contribution in [0.3, 0.4) is 0 Å². The van der Waals surface area contributed by atoms with Crippen molar-refractivity contribution in [2.75, 3.05) is 12.8 Å². The maximum Gasteiger partial charge on any atom is 0.233 e. The van der Waals surface area contributed by atoms with E-state index in [4.69, 9.17) is 0 Å². The SMILES string of the molecule is CN(Cc1cccs1)C(=O)CSc1nnc(-c2ccc(F)cc2)c2ccccc12. The number of nitrogens with zero attached hydrogens (tertiary/aromatic N) is 3. The Morgan fingerprint density at radius 2 is 1.79 bits per heavy atom. The fourth-order valence-corrected chi connectivity index (χ4v) is 4.64. The maximum atomic E-state index is 13.3. The average Bonchev–Trinajstić information content (AvgIpc) is 3.25. The number of thioether (sulfide) groups is 1. The molecule has 0 saturated carbocycles. The zero-order valence-corrected chi connectivity index (χ0v) is 17.3. The fraction of sp³-hybridized carbons (Fsp3) is 0.136. The van der Waals surface area contributed by atoms with Crippen LogP contribution in [0.25, 0.3) is 22.0 Å². The molecule has 0 atom stereocenters. The van der Waals surface area contributed by atoms with Crippen molar-refractivity contribution in [3.8, 4) is 11.3 Å². The first-order chi connectivity index (χ1) is 14.1. The lowest BCUT2D eigenvalue weighted by atomic mass is 10.1. The molecule has 4 aromatic rings. The normalized spacial score (nSPS) is 11.0. The molecule has 0 N–H and O–H groups in total. The van der Waals surface area contributed by atoms with Gasteiger partial charge in [0.15, 0.2) is 0 Å². The molecule has 0 aliphatic heterocycles. The van der Waals surface area contributed by atoms with E-state index in [9.17, 15) is 9.18 Å². The van der Waals surface area contributed by atoms with E-state index in [-0.39, 0.29) is 17.5 Å². The third-order valence-electron chi connectivity index (χ3n) is 4.50. The van der Waals surface area contributed by atoms with Gasteiger partial charge >= 0.3 is 0 Å². The summed E-state index contributed by atoms with van der Waals surface area (Å²) < 4.78 is 13.3. The van der Waals surface area contributed by atoms with Crippen molar-refractivity contribution >= 4 is 39.8 Å². The number of hydrogen-bond acceptors (Lipinski definition) is 5. The summed E-state index contributed by atoms with van der Waals surface area (Å²) in [5.74, 6) is 0.0384. The average molecular weight is 424 g/mol. The van der Waals surface area contributed by atoms with Crippen molar-refractivity contribution in [2.24, 2.45) is 0 Å². The van der Waals surface area contributed by atoms with Gasteiger partial charge in [0.1, 0.15) is 16.5 Å². The standard InChI is InChI=1S/C22H18FN3OS2/c1-26(13-17-5-4-12-28-17)20(27)14-29-22-19-7-3-2-6-18(19)21(24-25-22)15-8-10-16(23)11-9-15/h2-12H,13-14H2,1H3. The number of carbonyl (C=O) groups is 1. The minimum absolute atomic E-state index is 0.0388. The van der Waals surface area contributed by atoms with Gasteiger partial charge in [0.2, 0.25) is 5.91 Å². The number of amides is 1. The molecule has 4 nitrogen and oxygen atoms in total. The highest BCUT2D eigenvalue weighted by molar-refractivity contribution is 8.00. The second-order valence-corrected chi connectivity index (χ2v) is 8.52. The molecule has 0 aliphatic rings. The summed E-state index contributed by atoms with van der Waals surface area (Å²) in [5, 5.41) is 13.3. The number of hydrogen-bond donors (Lipinski definition) is 0. The molecule has 2 heterocycles. The Bertz CT molecular complexity index is 1130. The molecule has 7 heteroatoms. The Labute approximate surface area is 176 Å². The van der Waals surface area contributed by atoms with Gasteiger partial charge in [0, 0.05) is 28.3 Å². The van der Waals surface area contributed by atoms with Crippen LogP contribution >= 0.6 is 23.1 Å². The number of fused-ring (bicyclic) bond motifs is 1. The third-order valence-corrected chi connectivity index (χ3v) is 6.33. The topological polar surface area (TPSA) is 46.1 Å². The van der Waals surface area contributed by atoms with E-state index in [0.29, 0.717) is 17.3 Å². The molecule has 0 radical (unpaired) electrons. The van der Waals surface area contributed by atoms with Crippen LogP contribution in [-0.4, -0.2) is 33.8 Å².